The van der Waals surface area contributed by atoms with E-state index in [1.165, 1.54) is 23.0 Å². The van der Waals surface area contributed by atoms with Crippen molar-refractivity contribution in [2.24, 2.45) is 5.10 Å². The molecule has 0 aliphatic heterocycles. The topological polar surface area (TPSA) is 56.2 Å². The van der Waals surface area contributed by atoms with Gasteiger partial charge in [-0.05, 0) is 50.9 Å². The minimum atomic E-state index is -0.346. The predicted molar refractivity (Wildman–Crippen MR) is 76.2 cm³/mol. The maximum absolute atomic E-state index is 13.3. The Kier molecular flexibility index (Phi) is 3.82. The highest BCUT2D eigenvalue weighted by Gasteiger charge is 2.05. The summed E-state index contributed by atoms with van der Waals surface area (Å²) in [6, 6.07) is 2.75. The lowest BCUT2D eigenvalue weighted by Crippen LogP contribution is -1.97. The third-order valence-electron chi connectivity index (χ3n) is 2.18. The van der Waals surface area contributed by atoms with Crippen LogP contribution in [-0.4, -0.2) is 15.9 Å². The predicted octanol–water partition coefficient (Wildman–Crippen LogP) is 3.32. The second kappa shape index (κ2) is 5.19. The molecule has 0 aliphatic rings. The highest BCUT2D eigenvalue weighted by molar-refractivity contribution is 9.13. The molecule has 94 valence electrons. The first-order valence-corrected chi connectivity index (χ1v) is 6.56. The highest BCUT2D eigenvalue weighted by Crippen LogP contribution is 2.27. The molecule has 2 N–H and O–H groups in total. The van der Waals surface area contributed by atoms with Crippen molar-refractivity contribution >= 4 is 44.0 Å². The van der Waals surface area contributed by atoms with E-state index in [1.807, 2.05) is 6.92 Å². The van der Waals surface area contributed by atoms with Gasteiger partial charge in [0.1, 0.15) is 5.82 Å². The second-order valence-corrected chi connectivity index (χ2v) is 5.27. The molecule has 0 atom stereocenters. The number of halogens is 3. The van der Waals surface area contributed by atoms with E-state index in [9.17, 15) is 4.39 Å². The summed E-state index contributed by atoms with van der Waals surface area (Å²) in [4.78, 5) is 4.01. The number of benzene rings is 1. The van der Waals surface area contributed by atoms with Gasteiger partial charge < -0.3 is 5.73 Å². The number of anilines is 1. The van der Waals surface area contributed by atoms with E-state index in [2.05, 4.69) is 41.9 Å². The van der Waals surface area contributed by atoms with E-state index in [0.717, 1.165) is 10.2 Å². The molecule has 1 aromatic carbocycles. The summed E-state index contributed by atoms with van der Waals surface area (Å²) in [6.07, 6.45) is 3.20. The van der Waals surface area contributed by atoms with Gasteiger partial charge in [-0.3, -0.25) is 0 Å². The third kappa shape index (κ3) is 2.78. The fraction of sp³-hybridized carbons (Fsp3) is 0.0909. The molecule has 0 amide bonds. The summed E-state index contributed by atoms with van der Waals surface area (Å²) in [6.45, 7) is 1.82. The fourth-order valence-electron chi connectivity index (χ4n) is 1.39. The number of nitrogen functional groups attached to an aromatic ring is 1. The molecular weight excluding hydrogens is 367 g/mol. The van der Waals surface area contributed by atoms with Gasteiger partial charge in [-0.1, -0.05) is 0 Å². The zero-order valence-electron chi connectivity index (χ0n) is 9.36. The quantitative estimate of drug-likeness (QED) is 0.646. The summed E-state index contributed by atoms with van der Waals surface area (Å²) in [5, 5.41) is 4.13. The standard InChI is InChI=1S/C11H9Br2FN4/c1-6-5-18(11(15)17-6)16-4-7-2-8(14)3-9(12)10(7)13/h2-5H,1H3,(H2,15,17). The van der Waals surface area contributed by atoms with Crippen molar-refractivity contribution in [2.75, 3.05) is 5.73 Å². The smallest absolute Gasteiger partial charge is 0.221 e. The van der Waals surface area contributed by atoms with E-state index in [-0.39, 0.29) is 11.8 Å². The van der Waals surface area contributed by atoms with Crippen LogP contribution in [0.1, 0.15) is 11.3 Å². The first kappa shape index (κ1) is 13.2. The van der Waals surface area contributed by atoms with E-state index < -0.39 is 0 Å². The molecule has 1 aromatic heterocycles. The minimum absolute atomic E-state index is 0.287. The molecule has 18 heavy (non-hydrogen) atoms. The van der Waals surface area contributed by atoms with E-state index in [0.29, 0.717) is 10.0 Å². The molecule has 1 heterocycles. The van der Waals surface area contributed by atoms with Gasteiger partial charge >= 0.3 is 0 Å². The molecule has 2 aromatic rings. The van der Waals surface area contributed by atoms with Crippen LogP contribution in [0, 0.1) is 12.7 Å². The fourth-order valence-corrected chi connectivity index (χ4v) is 2.17. The molecule has 2 rings (SSSR count). The van der Waals surface area contributed by atoms with E-state index in [1.54, 1.807) is 6.20 Å². The molecule has 0 unspecified atom stereocenters. The normalized spacial score (nSPS) is 11.3. The van der Waals surface area contributed by atoms with Crippen LogP contribution in [-0.2, 0) is 0 Å². The lowest BCUT2D eigenvalue weighted by atomic mass is 10.2. The molecule has 0 saturated heterocycles. The van der Waals surface area contributed by atoms with Gasteiger partial charge in [0, 0.05) is 14.5 Å². The van der Waals surface area contributed by atoms with Crippen molar-refractivity contribution in [3.8, 4) is 0 Å². The zero-order chi connectivity index (χ0) is 13.3. The summed E-state index contributed by atoms with van der Waals surface area (Å²) in [5.74, 6) is -0.0587. The van der Waals surface area contributed by atoms with Crippen LogP contribution in [0.25, 0.3) is 0 Å². The first-order chi connectivity index (χ1) is 8.47. The van der Waals surface area contributed by atoms with Gasteiger partial charge in [-0.2, -0.15) is 5.10 Å². The Labute approximate surface area is 120 Å². The molecule has 7 heteroatoms. The molecule has 0 bridgehead atoms. The maximum atomic E-state index is 13.3. The monoisotopic (exact) mass is 374 g/mol. The minimum Gasteiger partial charge on any atom is -0.368 e. The Balaban J connectivity index is 2.37. The number of hydrogen-bond donors (Lipinski definition) is 1. The molecule has 0 spiro atoms. The Morgan fingerprint density at radius 1 is 1.44 bits per heavy atom. The number of hydrogen-bond acceptors (Lipinski definition) is 3. The van der Waals surface area contributed by atoms with Crippen LogP contribution in [0.4, 0.5) is 10.3 Å². The largest absolute Gasteiger partial charge is 0.368 e. The van der Waals surface area contributed by atoms with Gasteiger partial charge in [-0.25, -0.2) is 14.1 Å². The Bertz CT molecular complexity index is 622. The van der Waals surface area contributed by atoms with Gasteiger partial charge in [0.05, 0.1) is 18.1 Å². The molecule has 0 saturated carbocycles. The molecular formula is C11H9Br2FN4. The number of rotatable bonds is 2. The second-order valence-electron chi connectivity index (χ2n) is 3.62. The number of aromatic nitrogens is 2. The van der Waals surface area contributed by atoms with Crippen molar-refractivity contribution in [1.82, 2.24) is 9.66 Å². The molecule has 0 aliphatic carbocycles. The maximum Gasteiger partial charge on any atom is 0.221 e. The van der Waals surface area contributed by atoms with Crippen LogP contribution < -0.4 is 5.73 Å². The molecule has 0 radical (unpaired) electrons. The lowest BCUT2D eigenvalue weighted by Gasteiger charge is -2.02. The molecule has 0 fully saturated rings. The van der Waals surface area contributed by atoms with Crippen LogP contribution >= 0.6 is 31.9 Å². The van der Waals surface area contributed by atoms with Crippen LogP contribution in [0.2, 0.25) is 0 Å². The van der Waals surface area contributed by atoms with E-state index >= 15 is 0 Å². The highest BCUT2D eigenvalue weighted by atomic mass is 79.9. The van der Waals surface area contributed by atoms with Gasteiger partial charge in [0.2, 0.25) is 5.95 Å². The van der Waals surface area contributed by atoms with Crippen molar-refractivity contribution < 1.29 is 4.39 Å². The van der Waals surface area contributed by atoms with Gasteiger partial charge in [0.25, 0.3) is 0 Å². The summed E-state index contributed by atoms with van der Waals surface area (Å²) < 4.78 is 16.0. The Morgan fingerprint density at radius 2 is 2.17 bits per heavy atom. The average molecular weight is 376 g/mol. The Hall–Kier alpha value is -1.21. The van der Waals surface area contributed by atoms with Crippen LogP contribution in [0.15, 0.2) is 32.4 Å². The lowest BCUT2D eigenvalue weighted by molar-refractivity contribution is 0.626. The first-order valence-electron chi connectivity index (χ1n) is 4.97. The summed E-state index contributed by atoms with van der Waals surface area (Å²) >= 11 is 6.60. The summed E-state index contributed by atoms with van der Waals surface area (Å²) in [5.41, 5.74) is 7.02. The van der Waals surface area contributed by atoms with Crippen molar-refractivity contribution in [2.45, 2.75) is 6.92 Å². The Morgan fingerprint density at radius 3 is 2.78 bits per heavy atom. The zero-order valence-corrected chi connectivity index (χ0v) is 12.5. The van der Waals surface area contributed by atoms with Crippen LogP contribution in [0.5, 0.6) is 0 Å². The van der Waals surface area contributed by atoms with E-state index in [4.69, 9.17) is 5.73 Å². The summed E-state index contributed by atoms with van der Waals surface area (Å²) in [7, 11) is 0. The van der Waals surface area contributed by atoms with Crippen molar-refractivity contribution in [3.05, 3.63) is 44.3 Å². The van der Waals surface area contributed by atoms with Gasteiger partial charge in [0.15, 0.2) is 0 Å². The SMILES string of the molecule is Cc1cn(N=Cc2cc(F)cc(Br)c2Br)c(N)n1. The van der Waals surface area contributed by atoms with Crippen LogP contribution in [0.3, 0.4) is 0 Å². The van der Waals surface area contributed by atoms with Crippen molar-refractivity contribution in [1.29, 1.82) is 0 Å². The number of nitrogens with two attached hydrogens (primary N) is 1. The number of imidazole rings is 1. The number of nitrogens with zero attached hydrogens (tertiary/aromatic N) is 3. The average Bonchev–Trinajstić information content (AvgIpc) is 2.60. The molecule has 4 nitrogen and oxygen atoms in total. The third-order valence-corrected chi connectivity index (χ3v) is 4.22. The van der Waals surface area contributed by atoms with Crippen molar-refractivity contribution in [3.63, 3.8) is 0 Å². The number of aryl methyl sites for hydroxylation is 1. The van der Waals surface area contributed by atoms with Gasteiger partial charge in [-0.15, -0.1) is 0 Å².